The van der Waals surface area contributed by atoms with E-state index in [0.29, 0.717) is 0 Å². The zero-order valence-corrected chi connectivity index (χ0v) is 50.0. The molecule has 0 nitrogen and oxygen atoms in total. The van der Waals surface area contributed by atoms with Crippen LogP contribution in [0.1, 0.15) is 44.5 Å². The lowest BCUT2D eigenvalue weighted by Gasteiger charge is -2.34. The average Bonchev–Trinajstić information content (AvgIpc) is 1.54. The molecule has 17 aromatic rings. The average molecular weight is 1150 g/mol. The third kappa shape index (κ3) is 9.86. The van der Waals surface area contributed by atoms with Gasteiger partial charge in [0, 0.05) is 0 Å². The number of fused-ring (bicyclic) bond motifs is 9. The lowest BCUT2D eigenvalue weighted by atomic mass is 9.67. The summed E-state index contributed by atoms with van der Waals surface area (Å²) in [6.45, 7) is 0. The molecule has 2 aliphatic carbocycles. The first kappa shape index (κ1) is 55.2. The third-order valence-electron chi connectivity index (χ3n) is 18.4. The van der Waals surface area contributed by atoms with Gasteiger partial charge >= 0.3 is 0 Å². The molecule has 0 bridgehead atoms. The Kier molecular flexibility index (Phi) is 14.9. The van der Waals surface area contributed by atoms with Crippen molar-refractivity contribution in [3.8, 4) is 22.3 Å². The van der Waals surface area contributed by atoms with E-state index in [2.05, 4.69) is 352 Å². The molecule has 0 atom stereocenters. The van der Waals surface area contributed by atoms with E-state index in [1.807, 2.05) is 36.4 Å². The van der Waals surface area contributed by atoms with Crippen molar-refractivity contribution in [2.24, 2.45) is 0 Å². The first-order valence-electron chi connectivity index (χ1n) is 31.2. The molecule has 0 radical (unpaired) electrons. The first-order chi connectivity index (χ1) is 44.7. The molecular weight excluding hydrogens is 1080 g/mol. The molecule has 17 aromatic carbocycles. The molecule has 0 N–H and O–H groups in total. The Balaban J connectivity index is 0.000000104. The van der Waals surface area contributed by atoms with Crippen molar-refractivity contribution in [3.05, 3.63) is 433 Å². The Bertz CT molecular complexity index is 4880. The van der Waals surface area contributed by atoms with E-state index in [-0.39, 0.29) is 10.8 Å². The van der Waals surface area contributed by atoms with Gasteiger partial charge in [0.05, 0.1) is 10.8 Å². The minimum absolute atomic E-state index is 0.254. The maximum Gasteiger partial charge on any atom is 0.0714 e. The Hall–Kier alpha value is -11.4. The second-order valence-electron chi connectivity index (χ2n) is 23.3. The van der Waals surface area contributed by atoms with Gasteiger partial charge in [-0.25, -0.2) is 0 Å². The Morgan fingerprint density at radius 3 is 0.656 bits per heavy atom. The molecule has 2 aliphatic rings. The van der Waals surface area contributed by atoms with Crippen molar-refractivity contribution < 1.29 is 0 Å². The quantitative estimate of drug-likeness (QED) is 0.154. The molecule has 0 unspecified atom stereocenters. The molecule has 0 aliphatic heterocycles. The maximum atomic E-state index is 2.39. The summed E-state index contributed by atoms with van der Waals surface area (Å²) in [7, 11) is 0. The second-order valence-corrected chi connectivity index (χ2v) is 23.3. The Morgan fingerprint density at radius 1 is 0.133 bits per heavy atom. The van der Waals surface area contributed by atoms with Crippen molar-refractivity contribution in [2.45, 2.75) is 10.8 Å². The van der Waals surface area contributed by atoms with Crippen molar-refractivity contribution >= 4 is 64.6 Å². The van der Waals surface area contributed by atoms with E-state index in [1.165, 1.54) is 131 Å². The standard InChI is InChI=1S/C33H22.C25H18.C16H10.C10H8.C6H6/c1-3-11-25-21-27(19-17-23(25)9-1)33(28-20-18-24-10-2-4-12-26(24)22-28)31-15-7-5-13-29(31)30-14-6-8-16-32(30)33;1-3-11-19(12-4-1)25(20-13-5-2-6-14-20)23-17-9-7-15-21(23)22-16-8-10-18-24(22)25;1-3-11-7-9-13-5-2-6-14-10-8-12(4-1)15(11)16(13)14;1-2-6-10-8-4-3-7-9(10)5-1;1-2-4-6-5-3-1/h1-22H;1-18H;1-10H;1-8H;1-6H. The fourth-order valence-corrected chi connectivity index (χ4v) is 14.5. The number of hydrogen-bond donors (Lipinski definition) is 0. The molecule has 90 heavy (non-hydrogen) atoms. The second kappa shape index (κ2) is 24.4. The van der Waals surface area contributed by atoms with E-state index in [1.54, 1.807) is 0 Å². The molecule has 0 heterocycles. The summed E-state index contributed by atoms with van der Waals surface area (Å²) in [4.78, 5) is 0. The van der Waals surface area contributed by atoms with E-state index in [0.717, 1.165) is 0 Å². The monoisotopic (exact) mass is 1140 g/mol. The van der Waals surface area contributed by atoms with Crippen molar-refractivity contribution in [1.82, 2.24) is 0 Å². The van der Waals surface area contributed by atoms with Gasteiger partial charge in [-0.15, -0.1) is 0 Å². The molecule has 424 valence electrons. The van der Waals surface area contributed by atoms with Crippen molar-refractivity contribution in [1.29, 1.82) is 0 Å². The molecule has 0 saturated carbocycles. The Morgan fingerprint density at radius 2 is 0.344 bits per heavy atom. The van der Waals surface area contributed by atoms with E-state index < -0.39 is 0 Å². The lowest BCUT2D eigenvalue weighted by molar-refractivity contribution is 0.768. The van der Waals surface area contributed by atoms with Crippen molar-refractivity contribution in [3.63, 3.8) is 0 Å². The van der Waals surface area contributed by atoms with Crippen LogP contribution in [-0.4, -0.2) is 0 Å². The van der Waals surface area contributed by atoms with Crippen LogP contribution in [0.25, 0.3) is 86.9 Å². The van der Waals surface area contributed by atoms with Gasteiger partial charge in [0.25, 0.3) is 0 Å². The van der Waals surface area contributed by atoms with Crippen LogP contribution in [-0.2, 0) is 10.8 Å². The molecule has 19 rings (SSSR count). The molecule has 0 fully saturated rings. The summed E-state index contributed by atoms with van der Waals surface area (Å²) >= 11 is 0. The van der Waals surface area contributed by atoms with Crippen LogP contribution < -0.4 is 0 Å². The summed E-state index contributed by atoms with van der Waals surface area (Å²) in [6.07, 6.45) is 0. The first-order valence-corrected chi connectivity index (χ1v) is 31.2. The van der Waals surface area contributed by atoms with Crippen molar-refractivity contribution in [2.75, 3.05) is 0 Å². The summed E-state index contributed by atoms with van der Waals surface area (Å²) in [6, 6.07) is 139. The smallest absolute Gasteiger partial charge is 0.0623 e. The third-order valence-corrected chi connectivity index (χ3v) is 18.4. The molecule has 0 aromatic heterocycles. The Labute approximate surface area is 527 Å². The summed E-state index contributed by atoms with van der Waals surface area (Å²) in [5, 5.41) is 15.9. The van der Waals surface area contributed by atoms with Gasteiger partial charge < -0.3 is 0 Å². The summed E-state index contributed by atoms with van der Waals surface area (Å²) < 4.78 is 0. The van der Waals surface area contributed by atoms with E-state index in [9.17, 15) is 0 Å². The van der Waals surface area contributed by atoms with E-state index >= 15 is 0 Å². The van der Waals surface area contributed by atoms with Crippen LogP contribution in [0.5, 0.6) is 0 Å². The predicted octanol–water partition coefficient (Wildman–Crippen LogP) is 23.5. The van der Waals surface area contributed by atoms with Gasteiger partial charge in [0.15, 0.2) is 0 Å². The summed E-state index contributed by atoms with van der Waals surface area (Å²) in [5.74, 6) is 0. The topological polar surface area (TPSA) is 0 Å². The van der Waals surface area contributed by atoms with Gasteiger partial charge in [0.2, 0.25) is 0 Å². The minimum Gasteiger partial charge on any atom is -0.0623 e. The number of hydrogen-bond acceptors (Lipinski definition) is 0. The van der Waals surface area contributed by atoms with Crippen LogP contribution in [0.4, 0.5) is 0 Å². The van der Waals surface area contributed by atoms with Gasteiger partial charge in [-0.3, -0.25) is 0 Å². The highest BCUT2D eigenvalue weighted by Gasteiger charge is 2.47. The number of rotatable bonds is 4. The molecule has 0 heteroatoms. The van der Waals surface area contributed by atoms with E-state index in [4.69, 9.17) is 0 Å². The molecular formula is C90H64. The van der Waals surface area contributed by atoms with Gasteiger partial charge in [-0.2, -0.15) is 0 Å². The number of benzene rings is 17. The zero-order chi connectivity index (χ0) is 60.1. The van der Waals surface area contributed by atoms with Gasteiger partial charge in [-0.05, 0) is 144 Å². The highest BCUT2D eigenvalue weighted by Crippen LogP contribution is 2.58. The largest absolute Gasteiger partial charge is 0.0714 e. The molecule has 0 spiro atoms. The molecule has 0 saturated heterocycles. The maximum absolute atomic E-state index is 2.39. The van der Waals surface area contributed by atoms with Crippen LogP contribution in [0.15, 0.2) is 388 Å². The normalized spacial score (nSPS) is 12.6. The molecule has 0 amide bonds. The summed E-state index contributed by atoms with van der Waals surface area (Å²) in [5.41, 5.74) is 15.4. The highest BCUT2D eigenvalue weighted by molar-refractivity contribution is 6.22. The fraction of sp³-hybridized carbons (Fsp3) is 0.0222. The fourth-order valence-electron chi connectivity index (χ4n) is 14.5. The van der Waals surface area contributed by atoms with Crippen LogP contribution in [0.2, 0.25) is 0 Å². The highest BCUT2D eigenvalue weighted by atomic mass is 14.5. The lowest BCUT2D eigenvalue weighted by Crippen LogP contribution is -2.28. The van der Waals surface area contributed by atoms with Crippen LogP contribution >= 0.6 is 0 Å². The minimum atomic E-state index is -0.360. The van der Waals surface area contributed by atoms with Crippen LogP contribution in [0, 0.1) is 0 Å². The zero-order valence-electron chi connectivity index (χ0n) is 50.0. The van der Waals surface area contributed by atoms with Gasteiger partial charge in [0.1, 0.15) is 0 Å². The van der Waals surface area contributed by atoms with Crippen LogP contribution in [0.3, 0.4) is 0 Å². The predicted molar refractivity (Wildman–Crippen MR) is 383 cm³/mol. The van der Waals surface area contributed by atoms with Gasteiger partial charge in [-0.1, -0.05) is 376 Å². The SMILES string of the molecule is c1cc2ccc3cccc4ccc(c1)c2c34.c1ccc(C2(c3ccccc3)c3ccccc3-c3ccccc32)cc1.c1ccc2c(c1)-c1ccccc1C2(c1ccc2ccccc2c1)c1ccc2ccccc2c1.c1ccc2ccccc2c1.c1ccccc1.